The number of methoxy groups -OCH3 is 2. The molecule has 206 valence electrons. The van der Waals surface area contributed by atoms with E-state index in [1.54, 1.807) is 44.6 Å². The number of benzene rings is 2. The molecule has 0 saturated carbocycles. The summed E-state index contributed by atoms with van der Waals surface area (Å²) < 4.78 is 44.2. The molecule has 1 amide bonds. The fourth-order valence-corrected chi connectivity index (χ4v) is 6.11. The fourth-order valence-electron chi connectivity index (χ4n) is 4.68. The van der Waals surface area contributed by atoms with Gasteiger partial charge in [-0.25, -0.2) is 8.42 Å². The Morgan fingerprint density at radius 3 is 2.42 bits per heavy atom. The van der Waals surface area contributed by atoms with Crippen molar-refractivity contribution in [1.29, 1.82) is 0 Å². The summed E-state index contributed by atoms with van der Waals surface area (Å²) in [5.41, 5.74) is 1.93. The highest BCUT2D eigenvalue weighted by Crippen LogP contribution is 2.33. The van der Waals surface area contributed by atoms with Crippen LogP contribution in [0.15, 0.2) is 47.4 Å². The third-order valence-electron chi connectivity index (χ3n) is 6.84. The van der Waals surface area contributed by atoms with Crippen LogP contribution in [0.1, 0.15) is 12.5 Å². The summed E-state index contributed by atoms with van der Waals surface area (Å²) in [5, 5.41) is 2.92. The zero-order chi connectivity index (χ0) is 27.1. The molecule has 1 N–H and O–H groups in total. The van der Waals surface area contributed by atoms with Crippen LogP contribution < -0.4 is 19.7 Å². The molecule has 2 saturated heterocycles. The first kappa shape index (κ1) is 27.9. The molecule has 0 aromatic heterocycles. The molecule has 0 radical (unpaired) electrons. The van der Waals surface area contributed by atoms with Crippen molar-refractivity contribution in [3.63, 3.8) is 0 Å². The lowest BCUT2D eigenvalue weighted by Crippen LogP contribution is -2.46. The monoisotopic (exact) mass is 544 g/mol. The molecular weight excluding hydrogens is 508 g/mol. The minimum absolute atomic E-state index is 0.143. The van der Waals surface area contributed by atoms with Crippen molar-refractivity contribution in [3.8, 4) is 11.5 Å². The molecule has 0 aliphatic carbocycles. The Morgan fingerprint density at radius 1 is 1.03 bits per heavy atom. The van der Waals surface area contributed by atoms with E-state index in [0.29, 0.717) is 49.1 Å². The van der Waals surface area contributed by atoms with Crippen LogP contribution >= 0.6 is 0 Å². The largest absolute Gasteiger partial charge is 0.493 e. The van der Waals surface area contributed by atoms with E-state index in [1.165, 1.54) is 10.4 Å². The van der Waals surface area contributed by atoms with Crippen LogP contribution in [-0.4, -0.2) is 96.8 Å². The number of piperazine rings is 1. The van der Waals surface area contributed by atoms with Crippen molar-refractivity contribution in [3.05, 3.63) is 48.0 Å². The number of hydrogen-bond acceptors (Lipinski definition) is 8. The Bertz CT molecular complexity index is 1250. The highest BCUT2D eigenvalue weighted by atomic mass is 32.2. The summed E-state index contributed by atoms with van der Waals surface area (Å²) in [6, 6.07) is 10.4. The van der Waals surface area contributed by atoms with Gasteiger partial charge >= 0.3 is 0 Å². The first-order valence-electron chi connectivity index (χ1n) is 12.8. The number of amides is 1. The third-order valence-corrected chi connectivity index (χ3v) is 8.74. The summed E-state index contributed by atoms with van der Waals surface area (Å²) in [7, 11) is -0.630. The van der Waals surface area contributed by atoms with Crippen LogP contribution in [-0.2, 0) is 19.6 Å². The maximum Gasteiger partial charge on any atom is 0.248 e. The fraction of sp³-hybridized carbons (Fsp3) is 0.444. The first-order chi connectivity index (χ1) is 18.4. The van der Waals surface area contributed by atoms with E-state index in [-0.39, 0.29) is 10.8 Å². The van der Waals surface area contributed by atoms with Crippen molar-refractivity contribution in [1.82, 2.24) is 9.21 Å². The number of likely N-dealkylation sites (N-methyl/N-ethyl adjacent to an activating group) is 1. The van der Waals surface area contributed by atoms with Gasteiger partial charge in [0.15, 0.2) is 11.5 Å². The molecule has 2 heterocycles. The predicted octanol–water partition coefficient (Wildman–Crippen LogP) is 2.52. The Morgan fingerprint density at radius 2 is 1.76 bits per heavy atom. The van der Waals surface area contributed by atoms with Crippen LogP contribution in [0.4, 0.5) is 11.4 Å². The van der Waals surface area contributed by atoms with Gasteiger partial charge in [-0.15, -0.1) is 0 Å². The molecule has 38 heavy (non-hydrogen) atoms. The predicted molar refractivity (Wildman–Crippen MR) is 148 cm³/mol. The van der Waals surface area contributed by atoms with Crippen LogP contribution in [0.5, 0.6) is 11.5 Å². The second-order valence-electron chi connectivity index (χ2n) is 9.02. The number of nitrogens with zero attached hydrogens (tertiary/aromatic N) is 3. The molecule has 2 aliphatic heterocycles. The van der Waals surface area contributed by atoms with Crippen LogP contribution in [0.3, 0.4) is 0 Å². The molecule has 0 unspecified atom stereocenters. The normalized spacial score (nSPS) is 17.5. The van der Waals surface area contributed by atoms with E-state index in [9.17, 15) is 13.2 Å². The molecule has 2 aromatic rings. The van der Waals surface area contributed by atoms with Gasteiger partial charge < -0.3 is 29.3 Å². The molecule has 4 rings (SSSR count). The van der Waals surface area contributed by atoms with E-state index in [4.69, 9.17) is 14.2 Å². The van der Waals surface area contributed by atoms with Crippen molar-refractivity contribution in [2.45, 2.75) is 11.8 Å². The van der Waals surface area contributed by atoms with Gasteiger partial charge in [0.05, 0.1) is 43.7 Å². The average Bonchev–Trinajstić information content (AvgIpc) is 2.96. The summed E-state index contributed by atoms with van der Waals surface area (Å²) in [4.78, 5) is 17.7. The van der Waals surface area contributed by atoms with E-state index in [2.05, 4.69) is 22.0 Å². The number of para-hydroxylation sites is 1. The average molecular weight is 545 g/mol. The maximum absolute atomic E-state index is 13.3. The standard InChI is InChI=1S/C27H36N4O6S/c1-4-29-12-14-30(15-13-29)24-10-9-22(38(33,34)31-16-18-37-19-17-31)20-23(24)28-26(32)11-8-21-6-5-7-25(35-2)27(21)36-3/h5-11,20H,4,12-19H2,1-3H3,(H,28,32)/b11-8+. The Kier molecular flexibility index (Phi) is 9.26. The van der Waals surface area contributed by atoms with Gasteiger partial charge in [-0.2, -0.15) is 4.31 Å². The zero-order valence-electron chi connectivity index (χ0n) is 22.2. The molecule has 2 fully saturated rings. The number of hydrogen-bond donors (Lipinski definition) is 1. The number of nitrogens with one attached hydrogen (secondary N) is 1. The summed E-state index contributed by atoms with van der Waals surface area (Å²) in [5.74, 6) is 0.695. The number of sulfonamides is 1. The molecule has 0 spiro atoms. The summed E-state index contributed by atoms with van der Waals surface area (Å²) in [6.45, 7) is 7.80. The quantitative estimate of drug-likeness (QED) is 0.481. The van der Waals surface area contributed by atoms with Gasteiger partial charge in [-0.3, -0.25) is 4.79 Å². The van der Waals surface area contributed by atoms with Gasteiger partial charge in [0, 0.05) is 50.9 Å². The zero-order valence-corrected chi connectivity index (χ0v) is 23.0. The number of anilines is 2. The lowest BCUT2D eigenvalue weighted by Gasteiger charge is -2.36. The van der Waals surface area contributed by atoms with Gasteiger partial charge in [0.1, 0.15) is 0 Å². The van der Waals surface area contributed by atoms with Crippen LogP contribution in [0.25, 0.3) is 6.08 Å². The first-order valence-corrected chi connectivity index (χ1v) is 14.2. The van der Waals surface area contributed by atoms with Gasteiger partial charge in [-0.1, -0.05) is 19.1 Å². The van der Waals surface area contributed by atoms with E-state index in [0.717, 1.165) is 38.4 Å². The number of morpholine rings is 1. The van der Waals surface area contributed by atoms with Crippen LogP contribution in [0.2, 0.25) is 0 Å². The van der Waals surface area contributed by atoms with Gasteiger partial charge in [0.25, 0.3) is 0 Å². The smallest absolute Gasteiger partial charge is 0.248 e. The molecule has 0 atom stereocenters. The summed E-state index contributed by atoms with van der Waals surface area (Å²) >= 11 is 0. The lowest BCUT2D eigenvalue weighted by atomic mass is 10.1. The van der Waals surface area contributed by atoms with Crippen molar-refractivity contribution in [2.24, 2.45) is 0 Å². The number of ether oxygens (including phenoxy) is 3. The minimum atomic E-state index is -3.73. The Labute approximate surface area is 224 Å². The van der Waals surface area contributed by atoms with E-state index in [1.807, 2.05) is 12.1 Å². The second kappa shape index (κ2) is 12.6. The Hall–Kier alpha value is -3.12. The lowest BCUT2D eigenvalue weighted by molar-refractivity contribution is -0.111. The van der Waals surface area contributed by atoms with Crippen molar-refractivity contribution >= 4 is 33.4 Å². The highest BCUT2D eigenvalue weighted by Gasteiger charge is 2.28. The van der Waals surface area contributed by atoms with Gasteiger partial charge in [-0.05, 0) is 36.9 Å². The third kappa shape index (κ3) is 6.29. The topological polar surface area (TPSA) is 101 Å². The molecular formula is C27H36N4O6S. The SMILES string of the molecule is CCN1CCN(c2ccc(S(=O)(=O)N3CCOCC3)cc2NC(=O)/C=C/c2cccc(OC)c2OC)CC1. The van der Waals surface area contributed by atoms with Crippen molar-refractivity contribution in [2.75, 3.05) is 83.5 Å². The molecule has 0 bridgehead atoms. The van der Waals surface area contributed by atoms with E-state index >= 15 is 0 Å². The van der Waals surface area contributed by atoms with Crippen molar-refractivity contribution < 1.29 is 27.4 Å². The summed E-state index contributed by atoms with van der Waals surface area (Å²) in [6.07, 6.45) is 3.05. The molecule has 2 aromatic carbocycles. The maximum atomic E-state index is 13.3. The Balaban J connectivity index is 1.62. The number of carbonyl (C=O) groups excluding carboxylic acids is 1. The highest BCUT2D eigenvalue weighted by molar-refractivity contribution is 7.89. The second-order valence-corrected chi connectivity index (χ2v) is 11.0. The molecule has 2 aliphatic rings. The number of rotatable bonds is 9. The van der Waals surface area contributed by atoms with Crippen LogP contribution in [0, 0.1) is 0 Å². The van der Waals surface area contributed by atoms with Gasteiger partial charge in [0.2, 0.25) is 15.9 Å². The van der Waals surface area contributed by atoms with E-state index < -0.39 is 10.0 Å². The number of carbonyl (C=O) groups is 1. The molecule has 11 heteroatoms. The minimum Gasteiger partial charge on any atom is -0.493 e. The molecule has 10 nitrogen and oxygen atoms in total.